The smallest absolute Gasteiger partial charge is 0.341 e. The number of hydrogen-bond donors (Lipinski definition) is 1. The monoisotopic (exact) mass is 565 g/mol. The molecule has 2 fully saturated rings. The normalized spacial score (nSPS) is 16.9. The molecular weight excluding hydrogens is 541 g/mol. The largest absolute Gasteiger partial charge is 0.477 e. The Hall–Kier alpha value is -3.82. The number of hydrogen-bond acceptors (Lipinski definition) is 7. The van der Waals surface area contributed by atoms with Crippen LogP contribution in [0.2, 0.25) is 10.0 Å². The number of anilines is 2. The summed E-state index contributed by atoms with van der Waals surface area (Å²) >= 11 is 13.0. The third-order valence-corrected chi connectivity index (χ3v) is 7.91. The van der Waals surface area contributed by atoms with Crippen molar-refractivity contribution in [1.29, 1.82) is 0 Å². The highest BCUT2D eigenvalue weighted by atomic mass is 35.5. The number of carboxylic acids is 1. The molecule has 9 nitrogen and oxygen atoms in total. The maximum atomic E-state index is 13.2. The molecule has 200 valence electrons. The van der Waals surface area contributed by atoms with Gasteiger partial charge in [-0.05, 0) is 55.7 Å². The van der Waals surface area contributed by atoms with Crippen molar-refractivity contribution in [3.63, 3.8) is 0 Å². The number of aromatic carboxylic acids is 1. The van der Waals surface area contributed by atoms with Gasteiger partial charge in [0.2, 0.25) is 11.3 Å². The van der Waals surface area contributed by atoms with Crippen LogP contribution in [-0.2, 0) is 0 Å². The minimum atomic E-state index is -1.30. The van der Waals surface area contributed by atoms with E-state index in [1.54, 1.807) is 35.2 Å². The van der Waals surface area contributed by atoms with Crippen LogP contribution in [0.3, 0.4) is 0 Å². The standard InChI is InChI=1S/C28H25Cl2N5O4/c29-21-5-1-8-31-27(21)39-16-18-4-2-11-34(18)24-13-23-19(12-22(24)30)26(36)20(28(37)38)15-35(23)17-6-7-25(32-14-17)33-9-3-10-33/h1,5-8,12-15,18H,2-4,9-11,16H2,(H,37,38)/t18-/m1/s1. The van der Waals surface area contributed by atoms with Crippen LogP contribution in [0.5, 0.6) is 5.88 Å². The average molecular weight is 566 g/mol. The van der Waals surface area contributed by atoms with E-state index in [1.807, 2.05) is 18.2 Å². The van der Waals surface area contributed by atoms with Crippen LogP contribution in [0, 0.1) is 0 Å². The van der Waals surface area contributed by atoms with Gasteiger partial charge in [0.15, 0.2) is 0 Å². The van der Waals surface area contributed by atoms with E-state index in [-0.39, 0.29) is 17.0 Å². The van der Waals surface area contributed by atoms with Gasteiger partial charge in [0.1, 0.15) is 23.0 Å². The molecular formula is C28H25Cl2N5O4. The van der Waals surface area contributed by atoms with Crippen molar-refractivity contribution in [2.45, 2.75) is 25.3 Å². The van der Waals surface area contributed by atoms with Gasteiger partial charge in [-0.25, -0.2) is 14.8 Å². The second kappa shape index (κ2) is 10.4. The molecule has 4 aromatic rings. The molecule has 0 saturated carbocycles. The topological polar surface area (TPSA) is 101 Å². The number of halogens is 2. The Bertz CT molecular complexity index is 1620. The number of benzene rings is 1. The summed E-state index contributed by atoms with van der Waals surface area (Å²) in [7, 11) is 0. The summed E-state index contributed by atoms with van der Waals surface area (Å²) in [6, 6.07) is 10.7. The summed E-state index contributed by atoms with van der Waals surface area (Å²) in [6.07, 6.45) is 7.63. The van der Waals surface area contributed by atoms with Crippen LogP contribution in [0.25, 0.3) is 16.6 Å². The fraction of sp³-hybridized carbons (Fsp3) is 0.286. The van der Waals surface area contributed by atoms with Gasteiger partial charge in [-0.15, -0.1) is 0 Å². The van der Waals surface area contributed by atoms with Crippen LogP contribution in [0.15, 0.2) is 59.8 Å². The predicted molar refractivity (Wildman–Crippen MR) is 151 cm³/mol. The molecule has 2 saturated heterocycles. The first-order valence-corrected chi connectivity index (χ1v) is 13.5. The Morgan fingerprint density at radius 1 is 1.08 bits per heavy atom. The summed E-state index contributed by atoms with van der Waals surface area (Å²) in [5, 5.41) is 10.8. The Morgan fingerprint density at radius 2 is 1.92 bits per heavy atom. The number of ether oxygens (including phenoxy) is 1. The molecule has 5 heterocycles. The molecule has 39 heavy (non-hydrogen) atoms. The summed E-state index contributed by atoms with van der Waals surface area (Å²) in [5.41, 5.74) is 1.01. The van der Waals surface area contributed by atoms with Crippen molar-refractivity contribution < 1.29 is 14.6 Å². The van der Waals surface area contributed by atoms with Crippen LogP contribution < -0.4 is 20.0 Å². The molecule has 0 bridgehead atoms. The Labute approximate surface area is 234 Å². The van der Waals surface area contributed by atoms with Crippen molar-refractivity contribution in [1.82, 2.24) is 14.5 Å². The zero-order valence-electron chi connectivity index (χ0n) is 20.9. The lowest BCUT2D eigenvalue weighted by molar-refractivity contribution is 0.0695. The van der Waals surface area contributed by atoms with E-state index >= 15 is 0 Å². The zero-order chi connectivity index (χ0) is 27.1. The van der Waals surface area contributed by atoms with Crippen molar-refractivity contribution in [3.8, 4) is 11.6 Å². The first kappa shape index (κ1) is 25.5. The van der Waals surface area contributed by atoms with E-state index in [0.717, 1.165) is 50.4 Å². The Morgan fingerprint density at radius 3 is 2.62 bits per heavy atom. The fourth-order valence-corrected chi connectivity index (χ4v) is 5.60. The van der Waals surface area contributed by atoms with E-state index in [1.165, 1.54) is 6.20 Å². The van der Waals surface area contributed by atoms with Crippen molar-refractivity contribution in [2.75, 3.05) is 36.0 Å². The van der Waals surface area contributed by atoms with Crippen molar-refractivity contribution in [3.05, 3.63) is 80.8 Å². The van der Waals surface area contributed by atoms with Gasteiger partial charge in [0, 0.05) is 37.4 Å². The Kier molecular flexibility index (Phi) is 6.78. The van der Waals surface area contributed by atoms with Crippen LogP contribution in [0.1, 0.15) is 29.6 Å². The minimum Gasteiger partial charge on any atom is -0.477 e. The number of rotatable bonds is 7. The number of aromatic nitrogens is 3. The van der Waals surface area contributed by atoms with Gasteiger partial charge in [-0.2, -0.15) is 0 Å². The van der Waals surface area contributed by atoms with Crippen LogP contribution in [-0.4, -0.2) is 57.9 Å². The van der Waals surface area contributed by atoms with E-state index < -0.39 is 11.4 Å². The van der Waals surface area contributed by atoms with E-state index in [4.69, 9.17) is 27.9 Å². The predicted octanol–water partition coefficient (Wildman–Crippen LogP) is 5.04. The fourth-order valence-electron chi connectivity index (χ4n) is 5.15. The lowest BCUT2D eigenvalue weighted by Crippen LogP contribution is -2.37. The third kappa shape index (κ3) is 4.77. The number of carboxylic acid groups (broad SMARTS) is 1. The first-order valence-electron chi connectivity index (χ1n) is 12.7. The quantitative estimate of drug-likeness (QED) is 0.332. The number of pyridine rings is 3. The van der Waals surface area contributed by atoms with E-state index in [0.29, 0.717) is 33.7 Å². The molecule has 2 aliphatic rings. The average Bonchev–Trinajstić information content (AvgIpc) is 3.36. The van der Waals surface area contributed by atoms with Gasteiger partial charge < -0.3 is 24.2 Å². The van der Waals surface area contributed by atoms with E-state index in [2.05, 4.69) is 19.8 Å². The molecule has 0 spiro atoms. The molecule has 0 amide bonds. The molecule has 3 aromatic heterocycles. The van der Waals surface area contributed by atoms with Gasteiger partial charge in [0.25, 0.3) is 0 Å². The van der Waals surface area contributed by atoms with Gasteiger partial charge in [0.05, 0.1) is 34.2 Å². The summed E-state index contributed by atoms with van der Waals surface area (Å²) in [4.78, 5) is 38.2. The van der Waals surface area contributed by atoms with Gasteiger partial charge >= 0.3 is 5.97 Å². The summed E-state index contributed by atoms with van der Waals surface area (Å²) in [5.74, 6) is -0.0590. The molecule has 2 aliphatic heterocycles. The van der Waals surface area contributed by atoms with Gasteiger partial charge in [-0.3, -0.25) is 4.79 Å². The zero-order valence-corrected chi connectivity index (χ0v) is 22.4. The first-order chi connectivity index (χ1) is 18.9. The molecule has 11 heteroatoms. The second-order valence-electron chi connectivity index (χ2n) is 9.67. The molecule has 0 aliphatic carbocycles. The van der Waals surface area contributed by atoms with Crippen LogP contribution >= 0.6 is 23.2 Å². The maximum absolute atomic E-state index is 13.2. The highest BCUT2D eigenvalue weighted by Crippen LogP contribution is 2.36. The molecule has 1 N–H and O–H groups in total. The van der Waals surface area contributed by atoms with Crippen molar-refractivity contribution >= 4 is 51.6 Å². The highest BCUT2D eigenvalue weighted by Gasteiger charge is 2.29. The molecule has 1 atom stereocenters. The highest BCUT2D eigenvalue weighted by molar-refractivity contribution is 6.34. The molecule has 6 rings (SSSR count). The number of carbonyl (C=O) groups is 1. The van der Waals surface area contributed by atoms with Crippen LogP contribution in [0.4, 0.5) is 11.5 Å². The lowest BCUT2D eigenvalue weighted by atomic mass is 10.1. The molecule has 0 unspecified atom stereocenters. The number of nitrogens with zero attached hydrogens (tertiary/aromatic N) is 5. The SMILES string of the molecule is O=C(O)c1cn(-c2ccc(N3CCC3)nc2)c2cc(N3CCC[C@@H]3COc3ncccc3Cl)c(Cl)cc2c1=O. The van der Waals surface area contributed by atoms with Gasteiger partial charge in [-0.1, -0.05) is 23.2 Å². The summed E-state index contributed by atoms with van der Waals surface area (Å²) < 4.78 is 7.63. The molecule has 1 aromatic carbocycles. The lowest BCUT2D eigenvalue weighted by Gasteiger charge is -2.32. The minimum absolute atomic E-state index is 0.00830. The summed E-state index contributed by atoms with van der Waals surface area (Å²) in [6.45, 7) is 3.04. The third-order valence-electron chi connectivity index (χ3n) is 7.32. The number of fused-ring (bicyclic) bond motifs is 1. The van der Waals surface area contributed by atoms with Crippen molar-refractivity contribution in [2.24, 2.45) is 0 Å². The molecule has 0 radical (unpaired) electrons. The van der Waals surface area contributed by atoms with E-state index in [9.17, 15) is 14.7 Å². The maximum Gasteiger partial charge on any atom is 0.341 e. The second-order valence-corrected chi connectivity index (χ2v) is 10.5. The Balaban J connectivity index is 1.41.